The number of rotatable bonds is 8. The molecule has 0 spiro atoms. The molecule has 1 heterocycles. The summed E-state index contributed by atoms with van der Waals surface area (Å²) >= 11 is 0. The molecule has 1 saturated heterocycles. The number of carboxylic acids is 1. The zero-order valence-corrected chi connectivity index (χ0v) is 18.0. The normalized spacial score (nSPS) is 19.2. The molecule has 33 heavy (non-hydrogen) atoms. The first-order valence-electron chi connectivity index (χ1n) is 10.9. The summed E-state index contributed by atoms with van der Waals surface area (Å²) in [5.41, 5.74) is 4.61. The summed E-state index contributed by atoms with van der Waals surface area (Å²) in [6.45, 7) is 0.984. The van der Waals surface area contributed by atoms with Crippen molar-refractivity contribution in [3.05, 3.63) is 71.8 Å². The van der Waals surface area contributed by atoms with Crippen LogP contribution in [0.5, 0.6) is 0 Å². The van der Waals surface area contributed by atoms with Crippen LogP contribution >= 0.6 is 0 Å². The van der Waals surface area contributed by atoms with Gasteiger partial charge in [0, 0.05) is 37.6 Å². The number of carboxylic acid groups (broad SMARTS) is 1. The number of hydrogen-bond acceptors (Lipinski definition) is 5. The zero-order valence-electron chi connectivity index (χ0n) is 18.0. The van der Waals surface area contributed by atoms with Crippen LogP contribution in [0.3, 0.4) is 0 Å². The van der Waals surface area contributed by atoms with Crippen LogP contribution in [0.15, 0.2) is 60.7 Å². The van der Waals surface area contributed by atoms with Gasteiger partial charge < -0.3 is 25.2 Å². The number of hydrogen-bond donors (Lipinski definition) is 3. The second-order valence-electron chi connectivity index (χ2n) is 8.03. The lowest BCUT2D eigenvalue weighted by Crippen LogP contribution is -2.42. The van der Waals surface area contributed by atoms with Gasteiger partial charge in [0.1, 0.15) is 12.7 Å². The summed E-state index contributed by atoms with van der Waals surface area (Å²) in [6, 6.07) is 16.3. The van der Waals surface area contributed by atoms with Gasteiger partial charge in [-0.2, -0.15) is 0 Å². The van der Waals surface area contributed by atoms with Gasteiger partial charge in [0.15, 0.2) is 0 Å². The van der Waals surface area contributed by atoms with Gasteiger partial charge in [-0.05, 0) is 28.7 Å². The standard InChI is InChI=1S/C25H26N2O6/c28-22(29)10-5-12-26-24(30)23-16(11-13-32-23)14-27-25(31)33-15-21-19-8-3-1-6-17(19)18-7-2-4-9-20(18)21/h1-10,16,21,23H,11-15H2,(H,26,30)(H,27,31)(H,28,29)/b10-5+/t16-,23-/m1/s1. The van der Waals surface area contributed by atoms with E-state index in [0.29, 0.717) is 13.0 Å². The quantitative estimate of drug-likeness (QED) is 0.533. The molecule has 1 fully saturated rings. The largest absolute Gasteiger partial charge is 0.478 e. The number of alkyl carbamates (subject to hydrolysis) is 1. The van der Waals surface area contributed by atoms with E-state index in [0.717, 1.165) is 28.3 Å². The average molecular weight is 450 g/mol. The van der Waals surface area contributed by atoms with E-state index in [9.17, 15) is 14.4 Å². The van der Waals surface area contributed by atoms with Crippen molar-refractivity contribution in [3.63, 3.8) is 0 Å². The van der Waals surface area contributed by atoms with Crippen LogP contribution in [0.2, 0.25) is 0 Å². The molecule has 8 heteroatoms. The maximum absolute atomic E-state index is 12.4. The predicted molar refractivity (Wildman–Crippen MR) is 121 cm³/mol. The maximum Gasteiger partial charge on any atom is 0.407 e. The smallest absolute Gasteiger partial charge is 0.407 e. The Labute approximate surface area is 191 Å². The van der Waals surface area contributed by atoms with Gasteiger partial charge in [-0.15, -0.1) is 0 Å². The fourth-order valence-electron chi connectivity index (χ4n) is 4.42. The van der Waals surface area contributed by atoms with Crippen LogP contribution in [0.1, 0.15) is 23.5 Å². The number of nitrogens with one attached hydrogen (secondary N) is 2. The van der Waals surface area contributed by atoms with Crippen LogP contribution in [-0.4, -0.2) is 55.5 Å². The molecule has 0 bridgehead atoms. The molecule has 8 nitrogen and oxygen atoms in total. The zero-order chi connectivity index (χ0) is 23.2. The molecule has 2 aliphatic rings. The number of carbonyl (C=O) groups excluding carboxylic acids is 2. The minimum Gasteiger partial charge on any atom is -0.478 e. The van der Waals surface area contributed by atoms with E-state index >= 15 is 0 Å². The van der Waals surface area contributed by atoms with E-state index in [-0.39, 0.29) is 37.4 Å². The van der Waals surface area contributed by atoms with Crippen molar-refractivity contribution in [2.45, 2.75) is 18.4 Å². The Kier molecular flexibility index (Phi) is 7.04. The maximum atomic E-state index is 12.4. The molecule has 172 valence electrons. The predicted octanol–water partition coefficient (Wildman–Crippen LogP) is 2.69. The molecule has 0 radical (unpaired) electrons. The van der Waals surface area contributed by atoms with Crippen LogP contribution in [0.4, 0.5) is 4.79 Å². The lowest BCUT2D eigenvalue weighted by atomic mass is 9.98. The lowest BCUT2D eigenvalue weighted by Gasteiger charge is -2.19. The Balaban J connectivity index is 1.28. The fraction of sp³-hybridized carbons (Fsp3) is 0.320. The second kappa shape index (κ2) is 10.3. The third kappa shape index (κ3) is 5.23. The summed E-state index contributed by atoms with van der Waals surface area (Å²) in [5, 5.41) is 14.0. The Hall–Kier alpha value is -3.65. The number of fused-ring (bicyclic) bond motifs is 3. The second-order valence-corrected chi connectivity index (χ2v) is 8.03. The summed E-state index contributed by atoms with van der Waals surface area (Å²) in [7, 11) is 0. The highest BCUT2D eigenvalue weighted by Gasteiger charge is 2.34. The number of aliphatic carboxylic acids is 1. The molecule has 0 unspecified atom stereocenters. The molecular weight excluding hydrogens is 424 g/mol. The Morgan fingerprint density at radius 2 is 1.70 bits per heavy atom. The van der Waals surface area contributed by atoms with Crippen LogP contribution < -0.4 is 10.6 Å². The Morgan fingerprint density at radius 3 is 2.36 bits per heavy atom. The molecule has 4 rings (SSSR count). The Morgan fingerprint density at radius 1 is 1.03 bits per heavy atom. The molecular formula is C25H26N2O6. The fourth-order valence-corrected chi connectivity index (χ4v) is 4.42. The van der Waals surface area contributed by atoms with E-state index in [1.807, 2.05) is 24.3 Å². The SMILES string of the molecule is O=C(O)/C=C/CNC(=O)[C@@H]1OCC[C@@H]1CNC(=O)OCC1c2ccccc2-c2ccccc21. The van der Waals surface area contributed by atoms with Crippen molar-refractivity contribution in [2.75, 3.05) is 26.3 Å². The first kappa shape index (κ1) is 22.5. The minimum absolute atomic E-state index is 0.0182. The number of ether oxygens (including phenoxy) is 2. The van der Waals surface area contributed by atoms with Gasteiger partial charge in [0.25, 0.3) is 0 Å². The first-order chi connectivity index (χ1) is 16.0. The minimum atomic E-state index is -1.08. The first-order valence-corrected chi connectivity index (χ1v) is 10.9. The highest BCUT2D eigenvalue weighted by atomic mass is 16.5. The van der Waals surface area contributed by atoms with Gasteiger partial charge in [0.2, 0.25) is 5.91 Å². The van der Waals surface area contributed by atoms with Gasteiger partial charge in [-0.1, -0.05) is 54.6 Å². The van der Waals surface area contributed by atoms with E-state index in [2.05, 4.69) is 34.9 Å². The average Bonchev–Trinajstić information content (AvgIpc) is 3.42. The number of benzene rings is 2. The van der Waals surface area contributed by atoms with Crippen molar-refractivity contribution in [3.8, 4) is 11.1 Å². The van der Waals surface area contributed by atoms with Gasteiger partial charge in [-0.3, -0.25) is 4.79 Å². The summed E-state index contributed by atoms with van der Waals surface area (Å²) in [6.07, 6.45) is 1.71. The topological polar surface area (TPSA) is 114 Å². The molecule has 1 aliphatic carbocycles. The third-order valence-corrected chi connectivity index (χ3v) is 5.98. The van der Waals surface area contributed by atoms with Crippen molar-refractivity contribution in [2.24, 2.45) is 5.92 Å². The molecule has 3 N–H and O–H groups in total. The van der Waals surface area contributed by atoms with Gasteiger partial charge in [-0.25, -0.2) is 9.59 Å². The van der Waals surface area contributed by atoms with Crippen LogP contribution in [0.25, 0.3) is 11.1 Å². The molecule has 0 aromatic heterocycles. The Bertz CT molecular complexity index is 1020. The van der Waals surface area contributed by atoms with Crippen molar-refractivity contribution in [1.29, 1.82) is 0 Å². The molecule has 2 amide bonds. The van der Waals surface area contributed by atoms with E-state index in [4.69, 9.17) is 14.6 Å². The molecule has 2 aromatic rings. The van der Waals surface area contributed by atoms with E-state index < -0.39 is 18.2 Å². The van der Waals surface area contributed by atoms with Crippen molar-refractivity contribution in [1.82, 2.24) is 10.6 Å². The van der Waals surface area contributed by atoms with E-state index in [1.165, 1.54) is 6.08 Å². The monoisotopic (exact) mass is 450 g/mol. The number of carbonyl (C=O) groups is 3. The highest BCUT2D eigenvalue weighted by Crippen LogP contribution is 2.44. The molecule has 1 aliphatic heterocycles. The summed E-state index contributed by atoms with van der Waals surface area (Å²) < 4.78 is 11.1. The van der Waals surface area contributed by atoms with Crippen LogP contribution in [0, 0.1) is 5.92 Å². The van der Waals surface area contributed by atoms with Gasteiger partial charge >= 0.3 is 12.1 Å². The van der Waals surface area contributed by atoms with E-state index in [1.54, 1.807) is 0 Å². The summed E-state index contributed by atoms with van der Waals surface area (Å²) in [4.78, 5) is 35.2. The molecule has 2 atom stereocenters. The summed E-state index contributed by atoms with van der Waals surface area (Å²) in [5.74, 6) is -1.61. The van der Waals surface area contributed by atoms with Gasteiger partial charge in [0.05, 0.1) is 0 Å². The molecule has 0 saturated carbocycles. The van der Waals surface area contributed by atoms with Crippen molar-refractivity contribution < 1.29 is 29.0 Å². The molecule has 2 aromatic carbocycles. The van der Waals surface area contributed by atoms with Crippen LogP contribution in [-0.2, 0) is 19.1 Å². The highest BCUT2D eigenvalue weighted by molar-refractivity contribution is 5.82. The van der Waals surface area contributed by atoms with Crippen molar-refractivity contribution >= 4 is 18.0 Å². The third-order valence-electron chi connectivity index (χ3n) is 5.98. The number of amides is 2. The lowest BCUT2D eigenvalue weighted by molar-refractivity contribution is -0.132.